The number of rotatable bonds is 4. The first-order valence-corrected chi connectivity index (χ1v) is 10.4. The number of benzene rings is 1. The number of amides is 1. The van der Waals surface area contributed by atoms with Gasteiger partial charge in [0.2, 0.25) is 0 Å². The fraction of sp³-hybridized carbons (Fsp3) is 0.182. The molecule has 0 unspecified atom stereocenters. The highest BCUT2D eigenvalue weighted by Gasteiger charge is 2.34. The van der Waals surface area contributed by atoms with Crippen LogP contribution in [0.3, 0.4) is 0 Å². The molecule has 166 valence electrons. The molecule has 0 aliphatic carbocycles. The molecule has 1 aromatic carbocycles. The summed E-state index contributed by atoms with van der Waals surface area (Å²) >= 11 is 5.89. The van der Waals surface area contributed by atoms with Crippen molar-refractivity contribution in [2.45, 2.75) is 13.1 Å². The number of hydrogen-bond donors (Lipinski definition) is 0. The van der Waals surface area contributed by atoms with E-state index in [1.54, 1.807) is 36.0 Å². The van der Waals surface area contributed by atoms with Crippen LogP contribution < -0.4 is 5.56 Å². The van der Waals surface area contributed by atoms with Crippen molar-refractivity contribution < 1.29 is 9.18 Å². The van der Waals surface area contributed by atoms with Crippen molar-refractivity contribution in [2.75, 3.05) is 13.6 Å². The Morgan fingerprint density at radius 2 is 2.00 bits per heavy atom. The lowest BCUT2D eigenvalue weighted by atomic mass is 10.2. The third-order valence-electron chi connectivity index (χ3n) is 5.65. The highest BCUT2D eigenvalue weighted by atomic mass is 35.5. The van der Waals surface area contributed by atoms with Gasteiger partial charge in [-0.1, -0.05) is 23.7 Å². The Balaban J connectivity index is 1.84. The van der Waals surface area contributed by atoms with Crippen LogP contribution in [0.4, 0.5) is 10.1 Å². The van der Waals surface area contributed by atoms with Crippen LogP contribution in [0, 0.1) is 10.7 Å². The molecule has 3 aromatic heterocycles. The molecule has 4 aromatic rings. The predicted molar refractivity (Wildman–Crippen MR) is 120 cm³/mol. The fourth-order valence-corrected chi connectivity index (χ4v) is 4.25. The summed E-state index contributed by atoms with van der Waals surface area (Å²) < 4.78 is 16.4. The monoisotopic (exact) mass is 466 g/mol. The quantitative estimate of drug-likeness (QED) is 0.428. The highest BCUT2D eigenvalue weighted by Crippen LogP contribution is 2.37. The zero-order chi connectivity index (χ0) is 23.3. The SMILES string of the molecule is CN1CCn2c(c(N=O)c3c(=O)n(Cc4ccc(F)c(Cl)c4)nc(-c4ccccn4)c32)C1=O. The van der Waals surface area contributed by atoms with Crippen LogP contribution in [0.25, 0.3) is 22.3 Å². The van der Waals surface area contributed by atoms with Gasteiger partial charge in [0, 0.05) is 26.3 Å². The molecule has 0 spiro atoms. The summed E-state index contributed by atoms with van der Waals surface area (Å²) in [6.07, 6.45) is 1.58. The second kappa shape index (κ2) is 7.89. The molecule has 4 heterocycles. The van der Waals surface area contributed by atoms with Crippen molar-refractivity contribution in [3.63, 3.8) is 0 Å². The van der Waals surface area contributed by atoms with Gasteiger partial charge in [-0.15, -0.1) is 4.91 Å². The maximum absolute atomic E-state index is 13.6. The van der Waals surface area contributed by atoms with Crippen molar-refractivity contribution in [3.8, 4) is 11.4 Å². The summed E-state index contributed by atoms with van der Waals surface area (Å²) in [5.74, 6) is -0.990. The van der Waals surface area contributed by atoms with E-state index in [4.69, 9.17) is 11.6 Å². The average molecular weight is 467 g/mol. The smallest absolute Gasteiger partial charge is 0.278 e. The highest BCUT2D eigenvalue weighted by molar-refractivity contribution is 6.30. The Labute approximate surface area is 191 Å². The van der Waals surface area contributed by atoms with E-state index in [2.05, 4.69) is 15.3 Å². The van der Waals surface area contributed by atoms with E-state index in [9.17, 15) is 18.9 Å². The minimum absolute atomic E-state index is 0.00693. The summed E-state index contributed by atoms with van der Waals surface area (Å²) in [6, 6.07) is 9.31. The lowest BCUT2D eigenvalue weighted by molar-refractivity contribution is 0.0752. The Morgan fingerprint density at radius 1 is 1.18 bits per heavy atom. The molecule has 11 heteroatoms. The Bertz CT molecular complexity index is 1500. The maximum atomic E-state index is 13.6. The van der Waals surface area contributed by atoms with E-state index in [0.717, 1.165) is 4.68 Å². The Morgan fingerprint density at radius 3 is 2.70 bits per heavy atom. The molecule has 0 N–H and O–H groups in total. The Hall–Kier alpha value is -3.92. The number of fused-ring (bicyclic) bond motifs is 3. The molecule has 0 bridgehead atoms. The second-order valence-corrected chi connectivity index (χ2v) is 8.07. The van der Waals surface area contributed by atoms with E-state index in [-0.39, 0.29) is 28.3 Å². The van der Waals surface area contributed by atoms with Crippen LogP contribution in [-0.4, -0.2) is 43.7 Å². The average Bonchev–Trinajstić information content (AvgIpc) is 3.16. The fourth-order valence-electron chi connectivity index (χ4n) is 4.05. The van der Waals surface area contributed by atoms with Gasteiger partial charge in [-0.2, -0.15) is 5.10 Å². The predicted octanol–water partition coefficient (Wildman–Crippen LogP) is 3.58. The summed E-state index contributed by atoms with van der Waals surface area (Å²) in [4.78, 5) is 44.1. The lowest BCUT2D eigenvalue weighted by Gasteiger charge is -2.25. The molecule has 1 aliphatic rings. The van der Waals surface area contributed by atoms with E-state index in [1.807, 2.05) is 0 Å². The van der Waals surface area contributed by atoms with Crippen molar-refractivity contribution >= 4 is 34.1 Å². The molecular formula is C22H16ClFN6O3. The van der Waals surface area contributed by atoms with Gasteiger partial charge in [0.25, 0.3) is 11.5 Å². The topological polar surface area (TPSA) is 102 Å². The van der Waals surface area contributed by atoms with Crippen molar-refractivity contribution in [3.05, 3.63) is 80.0 Å². The number of halogens is 2. The summed E-state index contributed by atoms with van der Waals surface area (Å²) in [5.41, 5.74) is 0.867. The summed E-state index contributed by atoms with van der Waals surface area (Å²) in [7, 11) is 1.62. The zero-order valence-electron chi connectivity index (χ0n) is 17.3. The first kappa shape index (κ1) is 21.0. The molecule has 33 heavy (non-hydrogen) atoms. The molecule has 0 saturated heterocycles. The summed E-state index contributed by atoms with van der Waals surface area (Å²) in [6.45, 7) is 0.718. The summed E-state index contributed by atoms with van der Waals surface area (Å²) in [5, 5.41) is 7.51. The largest absolute Gasteiger partial charge is 0.339 e. The number of nitrogens with zero attached hydrogens (tertiary/aromatic N) is 6. The van der Waals surface area contributed by atoms with E-state index in [1.165, 1.54) is 23.1 Å². The van der Waals surface area contributed by atoms with Crippen LogP contribution in [0.1, 0.15) is 16.1 Å². The van der Waals surface area contributed by atoms with Gasteiger partial charge in [0.1, 0.15) is 17.2 Å². The van der Waals surface area contributed by atoms with Crippen LogP contribution >= 0.6 is 11.6 Å². The normalized spacial score (nSPS) is 13.4. The van der Waals surface area contributed by atoms with Crippen LogP contribution in [0.2, 0.25) is 5.02 Å². The Kier molecular flexibility index (Phi) is 5.01. The van der Waals surface area contributed by atoms with E-state index < -0.39 is 17.3 Å². The van der Waals surface area contributed by atoms with Gasteiger partial charge in [-0.05, 0) is 35.0 Å². The number of pyridine rings is 1. The molecule has 0 fully saturated rings. The first-order valence-electron chi connectivity index (χ1n) is 10.0. The number of aromatic nitrogens is 4. The van der Waals surface area contributed by atoms with Gasteiger partial charge < -0.3 is 9.47 Å². The van der Waals surface area contributed by atoms with E-state index >= 15 is 0 Å². The minimum Gasteiger partial charge on any atom is -0.339 e. The van der Waals surface area contributed by atoms with Gasteiger partial charge in [-0.3, -0.25) is 14.6 Å². The third-order valence-corrected chi connectivity index (χ3v) is 5.94. The molecule has 5 rings (SSSR count). The van der Waals surface area contributed by atoms with Gasteiger partial charge >= 0.3 is 0 Å². The minimum atomic E-state index is -0.600. The van der Waals surface area contributed by atoms with Gasteiger partial charge in [0.15, 0.2) is 5.69 Å². The maximum Gasteiger partial charge on any atom is 0.278 e. The number of hydrogen-bond acceptors (Lipinski definition) is 6. The molecular weight excluding hydrogens is 451 g/mol. The zero-order valence-corrected chi connectivity index (χ0v) is 18.1. The molecule has 1 aliphatic heterocycles. The molecule has 0 radical (unpaired) electrons. The second-order valence-electron chi connectivity index (χ2n) is 7.67. The molecule has 9 nitrogen and oxygen atoms in total. The van der Waals surface area contributed by atoms with Crippen molar-refractivity contribution in [1.29, 1.82) is 0 Å². The van der Waals surface area contributed by atoms with Crippen LogP contribution in [-0.2, 0) is 13.1 Å². The number of nitroso groups, excluding NO2 is 1. The third kappa shape index (κ3) is 3.30. The standard InChI is InChI=1S/C22H16ClFN6O3/c1-28-8-9-29-19-16(18(27-33)20(29)22(28)32)21(31)30(11-12-5-6-14(24)13(23)10-12)26-17(19)15-4-2-3-7-25-15/h2-7,10H,8-9,11H2,1H3. The number of carbonyl (C=O) groups excluding carboxylic acids is 1. The first-order chi connectivity index (χ1) is 15.9. The number of carbonyl (C=O) groups is 1. The van der Waals surface area contributed by atoms with Crippen LogP contribution in [0.5, 0.6) is 0 Å². The van der Waals surface area contributed by atoms with Crippen molar-refractivity contribution in [2.24, 2.45) is 5.18 Å². The van der Waals surface area contributed by atoms with Gasteiger partial charge in [0.05, 0.1) is 28.2 Å². The molecule has 0 saturated carbocycles. The molecule has 1 amide bonds. The van der Waals surface area contributed by atoms with Crippen molar-refractivity contribution in [1.82, 2.24) is 24.2 Å². The van der Waals surface area contributed by atoms with Gasteiger partial charge in [-0.25, -0.2) is 9.07 Å². The lowest BCUT2D eigenvalue weighted by Crippen LogP contribution is -2.37. The van der Waals surface area contributed by atoms with Crippen LogP contribution in [0.15, 0.2) is 52.6 Å². The van der Waals surface area contributed by atoms with E-state index in [0.29, 0.717) is 35.6 Å². The molecule has 0 atom stereocenters. The number of likely N-dealkylation sites (N-methyl/N-ethyl adjacent to an activating group) is 1.